The quantitative estimate of drug-likeness (QED) is 0.236. The van der Waals surface area contributed by atoms with Gasteiger partial charge in [0.2, 0.25) is 11.8 Å². The summed E-state index contributed by atoms with van der Waals surface area (Å²) >= 11 is 0. The van der Waals surface area contributed by atoms with Gasteiger partial charge in [-0.05, 0) is 37.4 Å². The van der Waals surface area contributed by atoms with E-state index in [-0.39, 0.29) is 25.7 Å². The van der Waals surface area contributed by atoms with E-state index in [2.05, 4.69) is 15.6 Å². The Labute approximate surface area is 185 Å². The molecule has 1 aromatic heterocycles. The lowest BCUT2D eigenvalue weighted by atomic mass is 10.0. The summed E-state index contributed by atoms with van der Waals surface area (Å²) in [6.45, 7) is 0.526. The minimum absolute atomic E-state index is 0.0315. The zero-order chi connectivity index (χ0) is 23.5. The van der Waals surface area contributed by atoms with Crippen molar-refractivity contribution >= 4 is 34.7 Å². The second kappa shape index (κ2) is 12.5. The molecule has 0 aliphatic carbocycles. The zero-order valence-corrected chi connectivity index (χ0v) is 17.8. The Bertz CT molecular complexity index is 941. The van der Waals surface area contributed by atoms with Crippen LogP contribution in [-0.2, 0) is 25.6 Å². The van der Waals surface area contributed by atoms with Gasteiger partial charge in [0, 0.05) is 36.4 Å². The van der Waals surface area contributed by atoms with E-state index >= 15 is 0 Å². The molecule has 0 radical (unpaired) electrons. The number of nitrogens with two attached hydrogens (primary N) is 1. The number of carboxylic acid groups (broad SMARTS) is 2. The maximum Gasteiger partial charge on any atom is 0.326 e. The third kappa shape index (κ3) is 7.69. The van der Waals surface area contributed by atoms with Crippen molar-refractivity contribution < 1.29 is 29.4 Å². The normalized spacial score (nSPS) is 12.8. The Morgan fingerprint density at radius 1 is 0.969 bits per heavy atom. The molecule has 0 aliphatic rings. The highest BCUT2D eigenvalue weighted by Crippen LogP contribution is 2.19. The standard InChI is InChI=1S/C22H30N4O6/c23-11-5-1-2-8-19(27)25-17(9-10-20(28)29)21(30)26-18(22(31)32)12-14-13-24-16-7-4-3-6-15(14)16/h3-4,6-7,13,17-18,24H,1-2,5,8-12,23H2,(H,25,27)(H,26,30)(H,28,29)(H,31,32)/t17-,18-/m0/s1. The second-order valence-electron chi connectivity index (χ2n) is 7.61. The van der Waals surface area contributed by atoms with Gasteiger partial charge in [0.05, 0.1) is 0 Å². The Hall–Kier alpha value is -3.40. The van der Waals surface area contributed by atoms with Crippen molar-refractivity contribution in [1.29, 1.82) is 0 Å². The van der Waals surface area contributed by atoms with Gasteiger partial charge < -0.3 is 31.6 Å². The molecule has 0 bridgehead atoms. The van der Waals surface area contributed by atoms with E-state index in [1.165, 1.54) is 0 Å². The van der Waals surface area contributed by atoms with Crippen molar-refractivity contribution in [3.8, 4) is 0 Å². The van der Waals surface area contributed by atoms with Crippen LogP contribution in [0.3, 0.4) is 0 Å². The molecule has 0 spiro atoms. The number of aromatic amines is 1. The van der Waals surface area contributed by atoms with Crippen LogP contribution < -0.4 is 16.4 Å². The summed E-state index contributed by atoms with van der Waals surface area (Å²) in [4.78, 5) is 50.8. The molecule has 2 aromatic rings. The van der Waals surface area contributed by atoms with Gasteiger partial charge in [0.1, 0.15) is 12.1 Å². The number of carbonyl (C=O) groups is 4. The maximum atomic E-state index is 12.8. The number of rotatable bonds is 14. The summed E-state index contributed by atoms with van der Waals surface area (Å²) < 4.78 is 0. The molecule has 0 saturated heterocycles. The first-order valence-corrected chi connectivity index (χ1v) is 10.6. The van der Waals surface area contributed by atoms with Crippen LogP contribution in [-0.4, -0.2) is 57.6 Å². The molecule has 2 rings (SSSR count). The number of unbranched alkanes of at least 4 members (excludes halogenated alkanes) is 2. The number of benzene rings is 1. The summed E-state index contributed by atoms with van der Waals surface area (Å²) in [5.41, 5.74) is 6.99. The highest BCUT2D eigenvalue weighted by atomic mass is 16.4. The van der Waals surface area contributed by atoms with E-state index in [0.717, 1.165) is 29.3 Å². The number of H-pyrrole nitrogens is 1. The second-order valence-corrected chi connectivity index (χ2v) is 7.61. The fourth-order valence-corrected chi connectivity index (χ4v) is 3.40. The highest BCUT2D eigenvalue weighted by molar-refractivity contribution is 5.91. The average Bonchev–Trinajstić information content (AvgIpc) is 3.16. The number of hydrogen-bond acceptors (Lipinski definition) is 5. The first-order chi connectivity index (χ1) is 15.3. The van der Waals surface area contributed by atoms with Crippen molar-refractivity contribution in [2.75, 3.05) is 6.54 Å². The summed E-state index contributed by atoms with van der Waals surface area (Å²) in [5.74, 6) is -3.47. The van der Waals surface area contributed by atoms with Gasteiger partial charge >= 0.3 is 11.9 Å². The fourth-order valence-electron chi connectivity index (χ4n) is 3.40. The van der Waals surface area contributed by atoms with Crippen LogP contribution in [0.1, 0.15) is 44.1 Å². The first-order valence-electron chi connectivity index (χ1n) is 10.6. The molecule has 2 amide bonds. The van der Waals surface area contributed by atoms with Gasteiger partial charge in [-0.25, -0.2) is 4.79 Å². The van der Waals surface area contributed by atoms with Crippen LogP contribution >= 0.6 is 0 Å². The van der Waals surface area contributed by atoms with E-state index in [9.17, 15) is 24.3 Å². The molecular formula is C22H30N4O6. The Balaban J connectivity index is 2.05. The lowest BCUT2D eigenvalue weighted by Gasteiger charge is -2.21. The third-order valence-corrected chi connectivity index (χ3v) is 5.12. The smallest absolute Gasteiger partial charge is 0.326 e. The average molecular weight is 447 g/mol. The molecule has 0 fully saturated rings. The number of aromatic nitrogens is 1. The van der Waals surface area contributed by atoms with Crippen LogP contribution in [0, 0.1) is 0 Å². The number of para-hydroxylation sites is 1. The number of hydrogen-bond donors (Lipinski definition) is 6. The monoisotopic (exact) mass is 446 g/mol. The first kappa shape index (κ1) is 24.9. The number of carbonyl (C=O) groups excluding carboxylic acids is 2. The molecule has 1 aromatic carbocycles. The van der Waals surface area contributed by atoms with Gasteiger partial charge in [-0.3, -0.25) is 14.4 Å². The topological polar surface area (TPSA) is 175 Å². The predicted molar refractivity (Wildman–Crippen MR) is 118 cm³/mol. The van der Waals surface area contributed by atoms with E-state index in [0.29, 0.717) is 13.0 Å². The van der Waals surface area contributed by atoms with Crippen LogP contribution in [0.5, 0.6) is 0 Å². The molecule has 10 nitrogen and oxygen atoms in total. The van der Waals surface area contributed by atoms with Crippen molar-refractivity contribution in [3.63, 3.8) is 0 Å². The van der Waals surface area contributed by atoms with Gasteiger partial charge in [-0.1, -0.05) is 24.6 Å². The molecule has 7 N–H and O–H groups in total. The maximum absolute atomic E-state index is 12.8. The van der Waals surface area contributed by atoms with Crippen LogP contribution in [0.4, 0.5) is 0 Å². The lowest BCUT2D eigenvalue weighted by Crippen LogP contribution is -2.52. The number of amides is 2. The molecule has 2 atom stereocenters. The van der Waals surface area contributed by atoms with Crippen molar-refractivity contribution in [3.05, 3.63) is 36.0 Å². The van der Waals surface area contributed by atoms with E-state index in [4.69, 9.17) is 10.8 Å². The summed E-state index contributed by atoms with van der Waals surface area (Å²) in [7, 11) is 0. The lowest BCUT2D eigenvalue weighted by molar-refractivity contribution is -0.143. The molecule has 1 heterocycles. The fraction of sp³-hybridized carbons (Fsp3) is 0.455. The molecule has 0 aliphatic heterocycles. The SMILES string of the molecule is NCCCCCC(=O)N[C@@H](CCC(=O)O)C(=O)N[C@@H](Cc1c[nH]c2ccccc12)C(=O)O. The van der Waals surface area contributed by atoms with Crippen molar-refractivity contribution in [1.82, 2.24) is 15.6 Å². The van der Waals surface area contributed by atoms with Crippen molar-refractivity contribution in [2.45, 2.75) is 57.0 Å². The highest BCUT2D eigenvalue weighted by Gasteiger charge is 2.27. The van der Waals surface area contributed by atoms with Gasteiger partial charge in [0.25, 0.3) is 0 Å². The Morgan fingerprint density at radius 2 is 1.72 bits per heavy atom. The van der Waals surface area contributed by atoms with Crippen molar-refractivity contribution in [2.24, 2.45) is 5.73 Å². The molecule has 32 heavy (non-hydrogen) atoms. The molecule has 0 saturated carbocycles. The van der Waals surface area contributed by atoms with Crippen LogP contribution in [0.2, 0.25) is 0 Å². The number of fused-ring (bicyclic) bond motifs is 1. The number of aliphatic carboxylic acids is 2. The minimum atomic E-state index is -1.24. The Kier molecular flexibility index (Phi) is 9.68. The number of nitrogens with one attached hydrogen (secondary N) is 3. The molecule has 10 heteroatoms. The predicted octanol–water partition coefficient (Wildman–Crippen LogP) is 1.15. The summed E-state index contributed by atoms with van der Waals surface area (Å²) in [6.07, 6.45) is 3.55. The molecule has 174 valence electrons. The van der Waals surface area contributed by atoms with E-state index in [1.54, 1.807) is 6.20 Å². The Morgan fingerprint density at radius 3 is 2.41 bits per heavy atom. The van der Waals surface area contributed by atoms with Crippen LogP contribution in [0.25, 0.3) is 10.9 Å². The third-order valence-electron chi connectivity index (χ3n) is 5.12. The molecule has 0 unspecified atom stereocenters. The summed E-state index contributed by atoms with van der Waals surface area (Å²) in [6, 6.07) is 5.01. The van der Waals surface area contributed by atoms with E-state index < -0.39 is 35.8 Å². The number of carboxylic acids is 2. The zero-order valence-electron chi connectivity index (χ0n) is 17.8. The minimum Gasteiger partial charge on any atom is -0.481 e. The van der Waals surface area contributed by atoms with Gasteiger partial charge in [0.15, 0.2) is 0 Å². The van der Waals surface area contributed by atoms with Crippen LogP contribution in [0.15, 0.2) is 30.5 Å². The largest absolute Gasteiger partial charge is 0.481 e. The summed E-state index contributed by atoms with van der Waals surface area (Å²) in [5, 5.41) is 24.4. The van der Waals surface area contributed by atoms with E-state index in [1.807, 2.05) is 24.3 Å². The van der Waals surface area contributed by atoms with Gasteiger partial charge in [-0.15, -0.1) is 0 Å². The molecular weight excluding hydrogens is 416 g/mol. The van der Waals surface area contributed by atoms with Gasteiger partial charge in [-0.2, -0.15) is 0 Å².